The van der Waals surface area contributed by atoms with Crippen molar-refractivity contribution in [3.8, 4) is 0 Å². The molecule has 1 amide bonds. The van der Waals surface area contributed by atoms with Crippen LogP contribution in [0.1, 0.15) is 15.9 Å². The monoisotopic (exact) mass is 277 g/mol. The number of rotatable bonds is 4. The number of pyridine rings is 1. The normalized spacial score (nSPS) is 10.5. The summed E-state index contributed by atoms with van der Waals surface area (Å²) in [6.45, 7) is 0.693. The Morgan fingerprint density at radius 1 is 1.05 bits per heavy atom. The Kier molecular flexibility index (Phi) is 3.51. The molecule has 21 heavy (non-hydrogen) atoms. The second-order valence-corrected chi connectivity index (χ2v) is 4.78. The van der Waals surface area contributed by atoms with Gasteiger partial charge in [-0.1, -0.05) is 18.2 Å². The van der Waals surface area contributed by atoms with Gasteiger partial charge in [-0.15, -0.1) is 0 Å². The lowest BCUT2D eigenvalue weighted by Gasteiger charge is -2.09. The molecule has 3 N–H and O–H groups in total. The first-order chi connectivity index (χ1) is 10.2. The van der Waals surface area contributed by atoms with Gasteiger partial charge in [0.25, 0.3) is 0 Å². The first-order valence-corrected chi connectivity index (χ1v) is 6.70. The molecule has 1 aromatic heterocycles. The van der Waals surface area contributed by atoms with Crippen LogP contribution in [0.4, 0.5) is 5.69 Å². The number of benzene rings is 2. The molecule has 0 aliphatic carbocycles. The third kappa shape index (κ3) is 2.84. The maximum absolute atomic E-state index is 11.0. The lowest BCUT2D eigenvalue weighted by atomic mass is 10.1. The van der Waals surface area contributed by atoms with Crippen LogP contribution in [0.25, 0.3) is 10.9 Å². The van der Waals surface area contributed by atoms with Gasteiger partial charge in [-0.3, -0.25) is 9.78 Å². The van der Waals surface area contributed by atoms with Crippen molar-refractivity contribution in [3.05, 3.63) is 71.9 Å². The van der Waals surface area contributed by atoms with E-state index in [0.717, 1.165) is 16.6 Å². The molecule has 0 saturated carbocycles. The van der Waals surface area contributed by atoms with Crippen LogP contribution >= 0.6 is 0 Å². The van der Waals surface area contributed by atoms with Crippen molar-refractivity contribution in [2.45, 2.75) is 6.54 Å². The summed E-state index contributed by atoms with van der Waals surface area (Å²) in [4.78, 5) is 15.4. The van der Waals surface area contributed by atoms with Gasteiger partial charge in [0.2, 0.25) is 5.91 Å². The van der Waals surface area contributed by atoms with Gasteiger partial charge in [0.15, 0.2) is 0 Å². The van der Waals surface area contributed by atoms with Gasteiger partial charge in [0, 0.05) is 29.4 Å². The van der Waals surface area contributed by atoms with Crippen molar-refractivity contribution in [2.24, 2.45) is 5.73 Å². The second-order valence-electron chi connectivity index (χ2n) is 4.78. The average molecular weight is 277 g/mol. The zero-order valence-corrected chi connectivity index (χ0v) is 11.4. The summed E-state index contributed by atoms with van der Waals surface area (Å²) >= 11 is 0. The van der Waals surface area contributed by atoms with Crippen LogP contribution in [0.3, 0.4) is 0 Å². The topological polar surface area (TPSA) is 68.0 Å². The average Bonchev–Trinajstić information content (AvgIpc) is 2.53. The van der Waals surface area contributed by atoms with Crippen molar-refractivity contribution >= 4 is 22.5 Å². The molecule has 0 aliphatic rings. The Hall–Kier alpha value is -2.88. The van der Waals surface area contributed by atoms with Crippen LogP contribution in [0.5, 0.6) is 0 Å². The maximum atomic E-state index is 11.0. The van der Waals surface area contributed by atoms with E-state index in [1.54, 1.807) is 12.1 Å². The van der Waals surface area contributed by atoms with Crippen molar-refractivity contribution < 1.29 is 4.79 Å². The number of para-hydroxylation sites is 1. The fraction of sp³-hybridized carbons (Fsp3) is 0.0588. The molecule has 3 rings (SSSR count). The Labute approximate surface area is 122 Å². The third-order valence-corrected chi connectivity index (χ3v) is 3.39. The molecule has 1 heterocycles. The molecule has 0 spiro atoms. The number of anilines is 1. The van der Waals surface area contributed by atoms with E-state index in [1.807, 2.05) is 42.6 Å². The molecule has 0 radical (unpaired) electrons. The molecule has 0 atom stereocenters. The van der Waals surface area contributed by atoms with Gasteiger partial charge >= 0.3 is 0 Å². The molecule has 3 aromatic rings. The molecule has 0 saturated heterocycles. The SMILES string of the molecule is NC(=O)c1ccc(NCc2ccnc3ccccc23)cc1. The maximum Gasteiger partial charge on any atom is 0.248 e. The molecule has 104 valence electrons. The number of nitrogens with one attached hydrogen (secondary N) is 1. The van der Waals surface area contributed by atoms with Gasteiger partial charge in [-0.05, 0) is 42.0 Å². The highest BCUT2D eigenvalue weighted by Crippen LogP contribution is 2.18. The zero-order valence-electron chi connectivity index (χ0n) is 11.4. The number of primary amides is 1. The summed E-state index contributed by atoms with van der Waals surface area (Å²) in [5, 5.41) is 4.48. The van der Waals surface area contributed by atoms with Crippen LogP contribution in [0, 0.1) is 0 Å². The van der Waals surface area contributed by atoms with E-state index in [1.165, 1.54) is 5.56 Å². The highest BCUT2D eigenvalue weighted by molar-refractivity contribution is 5.93. The van der Waals surface area contributed by atoms with Crippen molar-refractivity contribution in [1.82, 2.24) is 4.98 Å². The predicted octanol–water partition coefficient (Wildman–Crippen LogP) is 2.95. The summed E-state index contributed by atoms with van der Waals surface area (Å²) in [5.74, 6) is -0.415. The second kappa shape index (κ2) is 5.63. The summed E-state index contributed by atoms with van der Waals surface area (Å²) in [5.41, 5.74) is 8.85. The largest absolute Gasteiger partial charge is 0.381 e. The van der Waals surface area contributed by atoms with Crippen LogP contribution in [0.15, 0.2) is 60.8 Å². The van der Waals surface area contributed by atoms with Gasteiger partial charge in [-0.2, -0.15) is 0 Å². The van der Waals surface area contributed by atoms with E-state index in [0.29, 0.717) is 12.1 Å². The van der Waals surface area contributed by atoms with Crippen LogP contribution in [0.2, 0.25) is 0 Å². The van der Waals surface area contributed by atoms with E-state index in [4.69, 9.17) is 5.73 Å². The molecule has 0 bridgehead atoms. The minimum Gasteiger partial charge on any atom is -0.381 e. The molecule has 2 aromatic carbocycles. The molecular formula is C17H15N3O. The van der Waals surface area contributed by atoms with E-state index in [-0.39, 0.29) is 0 Å². The van der Waals surface area contributed by atoms with Gasteiger partial charge in [-0.25, -0.2) is 0 Å². The van der Waals surface area contributed by atoms with Crippen molar-refractivity contribution in [1.29, 1.82) is 0 Å². The number of aromatic nitrogens is 1. The minimum absolute atomic E-state index is 0.415. The fourth-order valence-electron chi connectivity index (χ4n) is 2.26. The zero-order chi connectivity index (χ0) is 14.7. The van der Waals surface area contributed by atoms with E-state index < -0.39 is 5.91 Å². The number of amides is 1. The van der Waals surface area contributed by atoms with Crippen molar-refractivity contribution in [3.63, 3.8) is 0 Å². The fourth-order valence-corrected chi connectivity index (χ4v) is 2.26. The highest BCUT2D eigenvalue weighted by atomic mass is 16.1. The Morgan fingerprint density at radius 2 is 1.81 bits per heavy atom. The van der Waals surface area contributed by atoms with Crippen molar-refractivity contribution in [2.75, 3.05) is 5.32 Å². The molecule has 4 heteroatoms. The molecule has 0 aliphatic heterocycles. The van der Waals surface area contributed by atoms with E-state index in [9.17, 15) is 4.79 Å². The number of carbonyl (C=O) groups excluding carboxylic acids is 1. The molecule has 0 fully saturated rings. The first-order valence-electron chi connectivity index (χ1n) is 6.70. The Morgan fingerprint density at radius 3 is 2.57 bits per heavy atom. The number of carbonyl (C=O) groups is 1. The predicted molar refractivity (Wildman–Crippen MR) is 84.0 cm³/mol. The Balaban J connectivity index is 1.79. The third-order valence-electron chi connectivity index (χ3n) is 3.39. The minimum atomic E-state index is -0.415. The summed E-state index contributed by atoms with van der Waals surface area (Å²) in [6, 6.07) is 17.2. The number of nitrogens with two attached hydrogens (primary N) is 1. The van der Waals surface area contributed by atoms with Crippen LogP contribution in [-0.2, 0) is 6.54 Å². The standard InChI is InChI=1S/C17H15N3O/c18-17(21)12-5-7-14(8-6-12)20-11-13-9-10-19-16-4-2-1-3-15(13)16/h1-10,20H,11H2,(H2,18,21). The molecule has 0 unspecified atom stereocenters. The van der Waals surface area contributed by atoms with Crippen LogP contribution in [-0.4, -0.2) is 10.9 Å². The first kappa shape index (κ1) is 13.1. The van der Waals surface area contributed by atoms with Gasteiger partial charge < -0.3 is 11.1 Å². The summed E-state index contributed by atoms with van der Waals surface area (Å²) in [6.07, 6.45) is 1.82. The smallest absolute Gasteiger partial charge is 0.248 e. The number of nitrogens with zero attached hydrogens (tertiary/aromatic N) is 1. The summed E-state index contributed by atoms with van der Waals surface area (Å²) in [7, 11) is 0. The van der Waals surface area contributed by atoms with Crippen LogP contribution < -0.4 is 11.1 Å². The number of hydrogen-bond donors (Lipinski definition) is 2. The van der Waals surface area contributed by atoms with Gasteiger partial charge in [0.1, 0.15) is 0 Å². The molecular weight excluding hydrogens is 262 g/mol. The lowest BCUT2D eigenvalue weighted by Crippen LogP contribution is -2.10. The van der Waals surface area contributed by atoms with E-state index in [2.05, 4.69) is 16.4 Å². The number of fused-ring (bicyclic) bond motifs is 1. The Bertz CT molecular complexity index is 776. The lowest BCUT2D eigenvalue weighted by molar-refractivity contribution is 0.100. The van der Waals surface area contributed by atoms with E-state index >= 15 is 0 Å². The quantitative estimate of drug-likeness (QED) is 0.770. The molecule has 4 nitrogen and oxygen atoms in total. The highest BCUT2D eigenvalue weighted by Gasteiger charge is 2.02. The number of hydrogen-bond acceptors (Lipinski definition) is 3. The summed E-state index contributed by atoms with van der Waals surface area (Å²) < 4.78 is 0. The van der Waals surface area contributed by atoms with Gasteiger partial charge in [0.05, 0.1) is 5.52 Å².